The lowest BCUT2D eigenvalue weighted by Gasteiger charge is -2.21. The molecular weight excluding hydrogens is 334 g/mol. The number of carbonyl (C=O) groups is 1. The summed E-state index contributed by atoms with van der Waals surface area (Å²) in [6.07, 6.45) is 3.30. The van der Waals surface area contributed by atoms with Crippen molar-refractivity contribution in [3.63, 3.8) is 0 Å². The van der Waals surface area contributed by atoms with Crippen molar-refractivity contribution in [3.05, 3.63) is 54.4 Å². The molecular formula is C19H21N3O2S. The van der Waals surface area contributed by atoms with Gasteiger partial charge in [0.1, 0.15) is 0 Å². The number of aliphatic carboxylic acids is 1. The van der Waals surface area contributed by atoms with E-state index in [4.69, 9.17) is 5.11 Å². The normalized spacial score (nSPS) is 9.96. The summed E-state index contributed by atoms with van der Waals surface area (Å²) in [5.74, 6) is -0.390. The topological polar surface area (TPSA) is 76.7 Å². The second-order valence-corrected chi connectivity index (χ2v) is 5.57. The Hall–Kier alpha value is -2.78. The van der Waals surface area contributed by atoms with Gasteiger partial charge >= 0.3 is 5.97 Å². The zero-order valence-electron chi connectivity index (χ0n) is 14.3. The van der Waals surface area contributed by atoms with Crippen molar-refractivity contribution in [1.82, 2.24) is 0 Å². The van der Waals surface area contributed by atoms with E-state index in [2.05, 4.69) is 17.8 Å². The predicted molar refractivity (Wildman–Crippen MR) is 106 cm³/mol. The number of fused-ring (bicyclic) bond motifs is 1. The third-order valence-corrected chi connectivity index (χ3v) is 4.05. The lowest BCUT2D eigenvalue weighted by molar-refractivity contribution is -0.133. The number of rotatable bonds is 7. The van der Waals surface area contributed by atoms with Gasteiger partial charge < -0.3 is 10.0 Å². The Morgan fingerprint density at radius 1 is 1.32 bits per heavy atom. The molecule has 0 bridgehead atoms. The molecule has 0 saturated heterocycles. The average Bonchev–Trinajstić information content (AvgIpc) is 2.65. The molecule has 2 aromatic rings. The van der Waals surface area contributed by atoms with Gasteiger partial charge in [-0.1, -0.05) is 38.1 Å². The number of hydrogen-bond acceptors (Lipinski definition) is 5. The van der Waals surface area contributed by atoms with Crippen LogP contribution < -0.4 is 4.90 Å². The highest BCUT2D eigenvalue weighted by Gasteiger charge is 2.11. The van der Waals surface area contributed by atoms with Crippen LogP contribution in [-0.2, 0) is 4.79 Å². The van der Waals surface area contributed by atoms with Gasteiger partial charge in [0.25, 0.3) is 0 Å². The third-order valence-electron chi connectivity index (χ3n) is 3.14. The zero-order chi connectivity index (χ0) is 18.7. The van der Waals surface area contributed by atoms with Crippen LogP contribution in [0.1, 0.15) is 19.4 Å². The van der Waals surface area contributed by atoms with E-state index in [0.29, 0.717) is 11.4 Å². The monoisotopic (exact) mass is 355 g/mol. The summed E-state index contributed by atoms with van der Waals surface area (Å²) in [5.41, 5.74) is 1.49. The molecule has 0 fully saturated rings. The van der Waals surface area contributed by atoms with Crippen molar-refractivity contribution in [2.24, 2.45) is 4.99 Å². The van der Waals surface area contributed by atoms with E-state index in [-0.39, 0.29) is 5.75 Å². The summed E-state index contributed by atoms with van der Waals surface area (Å²) in [4.78, 5) is 16.3. The summed E-state index contributed by atoms with van der Waals surface area (Å²) >= 11 is 1.28. The Morgan fingerprint density at radius 2 is 2.00 bits per heavy atom. The van der Waals surface area contributed by atoms with Crippen molar-refractivity contribution in [2.45, 2.75) is 13.8 Å². The summed E-state index contributed by atoms with van der Waals surface area (Å²) in [6, 6.07) is 13.4. The SMILES string of the molecule is C=N/C=C\N(CSCC(=O)O)c1ccc(C#N)c2ccccc12.CC. The number of aliphatic imine (C=N–C) groups is 1. The van der Waals surface area contributed by atoms with E-state index >= 15 is 0 Å². The fourth-order valence-corrected chi connectivity index (χ4v) is 2.87. The third kappa shape index (κ3) is 5.66. The van der Waals surface area contributed by atoms with Gasteiger partial charge in [-0.3, -0.25) is 9.79 Å². The molecule has 0 aliphatic rings. The fraction of sp³-hybridized carbons (Fsp3) is 0.211. The second kappa shape index (κ2) is 10.9. The summed E-state index contributed by atoms with van der Waals surface area (Å²) in [5, 5.41) is 19.8. The first-order valence-electron chi connectivity index (χ1n) is 7.78. The molecule has 0 spiro atoms. The molecule has 25 heavy (non-hydrogen) atoms. The van der Waals surface area contributed by atoms with Crippen molar-refractivity contribution >= 4 is 40.9 Å². The van der Waals surface area contributed by atoms with Gasteiger partial charge in [-0.25, -0.2) is 0 Å². The molecule has 0 radical (unpaired) electrons. The number of anilines is 1. The number of carboxylic acids is 1. The number of nitrogens with zero attached hydrogens (tertiary/aromatic N) is 3. The minimum Gasteiger partial charge on any atom is -0.481 e. The smallest absolute Gasteiger partial charge is 0.313 e. The van der Waals surface area contributed by atoms with Crippen LogP contribution in [0.3, 0.4) is 0 Å². The van der Waals surface area contributed by atoms with Crippen LogP contribution in [-0.4, -0.2) is 29.4 Å². The van der Waals surface area contributed by atoms with Crippen molar-refractivity contribution in [2.75, 3.05) is 16.5 Å². The van der Waals surface area contributed by atoms with Crippen LogP contribution in [0.25, 0.3) is 10.8 Å². The van der Waals surface area contributed by atoms with Crippen LogP contribution in [0.15, 0.2) is 53.8 Å². The quantitative estimate of drug-likeness (QED) is 0.585. The van der Waals surface area contributed by atoms with Gasteiger partial charge in [-0.15, -0.1) is 11.8 Å². The molecule has 0 atom stereocenters. The van der Waals surface area contributed by atoms with E-state index in [0.717, 1.165) is 16.5 Å². The number of benzene rings is 2. The van der Waals surface area contributed by atoms with Gasteiger partial charge in [0.15, 0.2) is 0 Å². The molecule has 0 aliphatic heterocycles. The van der Waals surface area contributed by atoms with Gasteiger partial charge in [0, 0.05) is 28.9 Å². The Labute approximate surface area is 152 Å². The molecule has 0 saturated carbocycles. The van der Waals surface area contributed by atoms with Crippen LogP contribution in [0, 0.1) is 11.3 Å². The van der Waals surface area contributed by atoms with E-state index < -0.39 is 5.97 Å². The van der Waals surface area contributed by atoms with Crippen LogP contribution in [0.2, 0.25) is 0 Å². The molecule has 130 valence electrons. The summed E-state index contributed by atoms with van der Waals surface area (Å²) < 4.78 is 0. The maximum absolute atomic E-state index is 10.7. The van der Waals surface area contributed by atoms with Crippen molar-refractivity contribution in [3.8, 4) is 6.07 Å². The van der Waals surface area contributed by atoms with E-state index in [1.807, 2.05) is 49.1 Å². The molecule has 6 heteroatoms. The van der Waals surface area contributed by atoms with Crippen LogP contribution >= 0.6 is 11.8 Å². The highest BCUT2D eigenvalue weighted by molar-refractivity contribution is 8.00. The maximum Gasteiger partial charge on any atom is 0.313 e. The highest BCUT2D eigenvalue weighted by Crippen LogP contribution is 2.30. The number of thioether (sulfide) groups is 1. The molecule has 1 N–H and O–H groups in total. The van der Waals surface area contributed by atoms with E-state index in [1.165, 1.54) is 11.8 Å². The minimum atomic E-state index is -0.856. The van der Waals surface area contributed by atoms with Crippen LogP contribution in [0.4, 0.5) is 5.69 Å². The second-order valence-electron chi connectivity index (χ2n) is 4.61. The van der Waals surface area contributed by atoms with E-state index in [9.17, 15) is 10.1 Å². The lowest BCUT2D eigenvalue weighted by atomic mass is 10.0. The van der Waals surface area contributed by atoms with Crippen molar-refractivity contribution < 1.29 is 9.90 Å². The summed E-state index contributed by atoms with van der Waals surface area (Å²) in [6.45, 7) is 7.42. The first-order chi connectivity index (χ1) is 12.2. The summed E-state index contributed by atoms with van der Waals surface area (Å²) in [7, 11) is 0. The molecule has 0 amide bonds. The molecule has 0 heterocycles. The largest absolute Gasteiger partial charge is 0.481 e. The highest BCUT2D eigenvalue weighted by atomic mass is 32.2. The first-order valence-corrected chi connectivity index (χ1v) is 8.93. The molecule has 2 rings (SSSR count). The molecule has 5 nitrogen and oxygen atoms in total. The minimum absolute atomic E-state index is 0.0140. The van der Waals surface area contributed by atoms with Gasteiger partial charge in [0.05, 0.1) is 23.3 Å². The fourth-order valence-electron chi connectivity index (χ4n) is 2.18. The Bertz CT molecular complexity index is 797. The van der Waals surface area contributed by atoms with Gasteiger partial charge in [-0.2, -0.15) is 5.26 Å². The molecule has 0 aliphatic carbocycles. The molecule has 2 aromatic carbocycles. The van der Waals surface area contributed by atoms with E-state index in [1.54, 1.807) is 18.5 Å². The number of carboxylic acid groups (broad SMARTS) is 1. The standard InChI is InChI=1S/C17H15N3O2S.C2H6/c1-19-8-9-20(12-23-11-17(21)22)16-7-6-13(10-18)14-4-2-3-5-15(14)16;1-2/h2-9H,1,11-12H2,(H,21,22);1-2H3/b9-8-;. The Morgan fingerprint density at radius 3 is 2.60 bits per heavy atom. The number of nitriles is 1. The number of hydrogen-bond donors (Lipinski definition) is 1. The average molecular weight is 355 g/mol. The first kappa shape index (κ1) is 20.3. The zero-order valence-corrected chi connectivity index (χ0v) is 15.2. The van der Waals surface area contributed by atoms with Gasteiger partial charge in [-0.05, 0) is 18.9 Å². The molecule has 0 aromatic heterocycles. The lowest BCUT2D eigenvalue weighted by Crippen LogP contribution is -2.17. The Balaban J connectivity index is 0.00000151. The Kier molecular flexibility index (Phi) is 8.83. The molecule has 0 unspecified atom stereocenters. The van der Waals surface area contributed by atoms with Gasteiger partial charge in [0.2, 0.25) is 0 Å². The van der Waals surface area contributed by atoms with Crippen LogP contribution in [0.5, 0.6) is 0 Å². The maximum atomic E-state index is 10.7. The predicted octanol–water partition coefficient (Wildman–Crippen LogP) is 4.49. The van der Waals surface area contributed by atoms with Crippen molar-refractivity contribution in [1.29, 1.82) is 5.26 Å².